The monoisotopic (exact) mass is 339 g/mol. The molecule has 1 radical (unpaired) electrons. The van der Waals surface area contributed by atoms with Gasteiger partial charge in [0.05, 0.1) is 0 Å². The zero-order chi connectivity index (χ0) is 13.0. The van der Waals surface area contributed by atoms with Gasteiger partial charge in [0, 0.05) is 38.6 Å². The Kier molecular flexibility index (Phi) is 7.54. The van der Waals surface area contributed by atoms with E-state index >= 15 is 0 Å². The van der Waals surface area contributed by atoms with Crippen molar-refractivity contribution >= 4 is 5.91 Å². The first-order valence-corrected chi connectivity index (χ1v) is 7.86. The van der Waals surface area contributed by atoms with Crippen molar-refractivity contribution in [3.05, 3.63) is 5.32 Å². The Morgan fingerprint density at radius 2 is 1.26 bits per heavy atom. The van der Waals surface area contributed by atoms with Crippen molar-refractivity contribution in [2.75, 3.05) is 0 Å². The van der Waals surface area contributed by atoms with Gasteiger partial charge >= 0.3 is 0 Å². The molecule has 2 aliphatic rings. The number of carbonyl (C=O) groups is 1. The molecule has 1 amide bonds. The van der Waals surface area contributed by atoms with Crippen molar-refractivity contribution in [1.82, 2.24) is 0 Å². The van der Waals surface area contributed by atoms with Crippen molar-refractivity contribution < 1.29 is 37.5 Å². The molecular weight excluding hydrogens is 311 g/mol. The molecule has 19 heavy (non-hydrogen) atoms. The molecule has 2 fully saturated rings. The Bertz CT molecular complexity index is 262. The van der Waals surface area contributed by atoms with Crippen LogP contribution in [-0.4, -0.2) is 11.4 Å². The van der Waals surface area contributed by atoms with E-state index in [4.69, 9.17) is 0 Å². The maximum Gasteiger partial charge on any atom is 0.0483 e. The first-order valence-electron chi connectivity index (χ1n) is 7.86. The number of hydrogen-bond acceptors (Lipinski definition) is 1. The fourth-order valence-corrected chi connectivity index (χ4v) is 4.23. The minimum absolute atomic E-state index is 0. The van der Waals surface area contributed by atoms with Crippen molar-refractivity contribution in [3.63, 3.8) is 0 Å². The van der Waals surface area contributed by atoms with Crippen molar-refractivity contribution in [3.8, 4) is 0 Å². The third kappa shape index (κ3) is 4.53. The van der Waals surface area contributed by atoms with Gasteiger partial charge in [-0.15, -0.1) is 5.54 Å². The Hall–Kier alpha value is 0.574. The van der Waals surface area contributed by atoms with Crippen LogP contribution in [-0.2, 0) is 37.5 Å². The summed E-state index contributed by atoms with van der Waals surface area (Å²) < 4.78 is 0. The van der Waals surface area contributed by atoms with E-state index in [9.17, 15) is 4.79 Å². The molecule has 3 heteroatoms. The molecule has 2 rings (SSSR count). The molecule has 0 unspecified atom stereocenters. The Balaban J connectivity index is 0.00000180. The molecule has 0 aliphatic heterocycles. The topological polar surface area (TPSA) is 31.2 Å². The Morgan fingerprint density at radius 1 is 0.895 bits per heavy atom. The molecular formula is C16H28NOY-. The Labute approximate surface area is 143 Å². The average Bonchev–Trinajstić information content (AvgIpc) is 2.40. The van der Waals surface area contributed by atoms with Gasteiger partial charge in [0.15, 0.2) is 0 Å². The van der Waals surface area contributed by atoms with Gasteiger partial charge in [-0.3, -0.25) is 0 Å². The normalized spacial score (nSPS) is 22.6. The van der Waals surface area contributed by atoms with E-state index in [0.717, 1.165) is 0 Å². The predicted octanol–water partition coefficient (Wildman–Crippen LogP) is 4.82. The second kappa shape index (κ2) is 8.12. The number of rotatable bonds is 3. The molecule has 2 nitrogen and oxygen atoms in total. The van der Waals surface area contributed by atoms with Crippen LogP contribution in [0.5, 0.6) is 0 Å². The van der Waals surface area contributed by atoms with Crippen LogP contribution < -0.4 is 0 Å². The van der Waals surface area contributed by atoms with Crippen molar-refractivity contribution in [1.29, 1.82) is 0 Å². The van der Waals surface area contributed by atoms with Crippen LogP contribution in [0, 0.1) is 11.8 Å². The van der Waals surface area contributed by atoms with Crippen LogP contribution in [0.25, 0.3) is 5.32 Å². The van der Waals surface area contributed by atoms with E-state index in [1.54, 1.807) is 6.92 Å². The summed E-state index contributed by atoms with van der Waals surface area (Å²) in [5.41, 5.74) is -0.0628. The summed E-state index contributed by atoms with van der Waals surface area (Å²) in [4.78, 5) is 11.6. The van der Waals surface area contributed by atoms with Crippen LogP contribution in [0.2, 0.25) is 0 Å². The molecule has 0 N–H and O–H groups in total. The number of hydrogen-bond donors (Lipinski definition) is 0. The molecule has 0 aromatic rings. The van der Waals surface area contributed by atoms with Crippen molar-refractivity contribution in [2.24, 2.45) is 11.8 Å². The standard InChI is InChI=1S/C16H29NO.Y/c1-13(18)17-16(2,14-9-5-3-6-10-14)15-11-7-4-8-12-15;/h14-15H,3-12H2,1-2H3,(H,17,18);/p-1. The summed E-state index contributed by atoms with van der Waals surface area (Å²) in [6.45, 7) is 3.91. The maximum absolute atomic E-state index is 11.6. The molecule has 0 heterocycles. The van der Waals surface area contributed by atoms with Gasteiger partial charge in [-0.25, -0.2) is 0 Å². The minimum atomic E-state index is -0.0628. The van der Waals surface area contributed by atoms with Gasteiger partial charge < -0.3 is 10.1 Å². The fraction of sp³-hybridized carbons (Fsp3) is 0.938. The third-order valence-corrected chi connectivity index (χ3v) is 5.26. The molecule has 0 saturated heterocycles. The molecule has 0 spiro atoms. The number of carbonyl (C=O) groups excluding carboxylic acids is 1. The van der Waals surface area contributed by atoms with Gasteiger partial charge in [0.25, 0.3) is 0 Å². The summed E-state index contributed by atoms with van der Waals surface area (Å²) in [7, 11) is 0. The van der Waals surface area contributed by atoms with Gasteiger partial charge in [-0.1, -0.05) is 83.0 Å². The van der Waals surface area contributed by atoms with Crippen LogP contribution in [0.4, 0.5) is 0 Å². The number of amides is 1. The summed E-state index contributed by atoms with van der Waals surface area (Å²) >= 11 is 0. The van der Waals surface area contributed by atoms with Gasteiger partial charge in [0.1, 0.15) is 0 Å². The summed E-state index contributed by atoms with van der Waals surface area (Å²) in [6.07, 6.45) is 13.2. The van der Waals surface area contributed by atoms with E-state index in [-0.39, 0.29) is 44.2 Å². The molecule has 2 aliphatic carbocycles. The van der Waals surface area contributed by atoms with Crippen molar-refractivity contribution in [2.45, 2.75) is 83.6 Å². The molecule has 0 bridgehead atoms. The SMILES string of the molecule is CC(=O)[N-]C(C)(C1CCCCC1)C1CCCCC1.[Y]. The number of nitrogens with zero attached hydrogens (tertiary/aromatic N) is 1. The second-order valence-corrected chi connectivity index (χ2v) is 6.53. The average molecular weight is 339 g/mol. The van der Waals surface area contributed by atoms with Crippen LogP contribution in [0.15, 0.2) is 0 Å². The molecule has 2 saturated carbocycles. The van der Waals surface area contributed by atoms with Gasteiger partial charge in [0.2, 0.25) is 0 Å². The summed E-state index contributed by atoms with van der Waals surface area (Å²) in [5.74, 6) is 1.34. The molecule has 0 aromatic carbocycles. The molecule has 0 atom stereocenters. The zero-order valence-corrected chi connectivity index (χ0v) is 15.5. The maximum atomic E-state index is 11.6. The molecule has 0 aromatic heterocycles. The summed E-state index contributed by atoms with van der Waals surface area (Å²) in [5, 5.41) is 4.62. The molecule has 107 valence electrons. The predicted molar refractivity (Wildman–Crippen MR) is 75.6 cm³/mol. The van der Waals surface area contributed by atoms with Crippen LogP contribution in [0.1, 0.15) is 78.1 Å². The van der Waals surface area contributed by atoms with E-state index in [0.29, 0.717) is 11.8 Å². The third-order valence-electron chi connectivity index (χ3n) is 5.26. The van der Waals surface area contributed by atoms with Crippen LogP contribution >= 0.6 is 0 Å². The second-order valence-electron chi connectivity index (χ2n) is 6.53. The van der Waals surface area contributed by atoms with Gasteiger partial charge in [-0.05, 0) is 6.92 Å². The summed E-state index contributed by atoms with van der Waals surface area (Å²) in [6, 6.07) is 0. The quantitative estimate of drug-likeness (QED) is 0.725. The van der Waals surface area contributed by atoms with Crippen LogP contribution in [0.3, 0.4) is 0 Å². The Morgan fingerprint density at radius 3 is 1.58 bits per heavy atom. The van der Waals surface area contributed by atoms with E-state index in [1.807, 2.05) is 0 Å². The first-order chi connectivity index (χ1) is 8.63. The minimum Gasteiger partial charge on any atom is -0.648 e. The van der Waals surface area contributed by atoms with E-state index < -0.39 is 0 Å². The smallest absolute Gasteiger partial charge is 0.0483 e. The first kappa shape index (κ1) is 17.6. The largest absolute Gasteiger partial charge is 0.648 e. The zero-order valence-electron chi connectivity index (χ0n) is 12.7. The van der Waals surface area contributed by atoms with E-state index in [2.05, 4.69) is 12.2 Å². The fourth-order valence-electron chi connectivity index (χ4n) is 4.23. The van der Waals surface area contributed by atoms with E-state index in [1.165, 1.54) is 64.2 Å². The van der Waals surface area contributed by atoms with Gasteiger partial charge in [-0.2, -0.15) is 0 Å².